The van der Waals surface area contributed by atoms with Crippen LogP contribution in [-0.2, 0) is 0 Å². The van der Waals surface area contributed by atoms with E-state index in [0.29, 0.717) is 15.7 Å². The molecule has 1 aromatic heterocycles. The van der Waals surface area contributed by atoms with E-state index in [-0.39, 0.29) is 5.75 Å². The summed E-state index contributed by atoms with van der Waals surface area (Å²) in [5.41, 5.74) is 3.06. The van der Waals surface area contributed by atoms with Crippen LogP contribution in [0.3, 0.4) is 0 Å². The van der Waals surface area contributed by atoms with Crippen LogP contribution in [0.2, 0.25) is 0 Å². The number of nitrogens with zero attached hydrogens (tertiary/aromatic N) is 2. The van der Waals surface area contributed by atoms with Gasteiger partial charge in [0.1, 0.15) is 5.75 Å². The van der Waals surface area contributed by atoms with Crippen molar-refractivity contribution in [1.29, 1.82) is 0 Å². The van der Waals surface area contributed by atoms with Gasteiger partial charge < -0.3 is 5.11 Å². The number of benzene rings is 1. The molecule has 0 bridgehead atoms. The van der Waals surface area contributed by atoms with E-state index in [9.17, 15) is 5.11 Å². The Balaban J connectivity index is 2.44. The summed E-state index contributed by atoms with van der Waals surface area (Å²) in [6.45, 7) is 0. The van der Waals surface area contributed by atoms with E-state index in [1.807, 2.05) is 6.07 Å². The zero-order chi connectivity index (χ0) is 9.97. The molecule has 0 fully saturated rings. The minimum Gasteiger partial charge on any atom is -0.507 e. The predicted molar refractivity (Wildman–Crippen MR) is 54.8 cm³/mol. The van der Waals surface area contributed by atoms with E-state index in [1.165, 1.54) is 11.3 Å². The molecule has 0 aliphatic heterocycles. The number of hydrogen-bond donors (Lipinski definition) is 3. The molecule has 0 aliphatic rings. The molecule has 6 heteroatoms. The Morgan fingerprint density at radius 1 is 1.29 bits per heavy atom. The Labute approximate surface area is 84.2 Å². The lowest BCUT2D eigenvalue weighted by atomic mass is 10.2. The van der Waals surface area contributed by atoms with Gasteiger partial charge in [0.15, 0.2) is 5.01 Å². The van der Waals surface area contributed by atoms with Gasteiger partial charge in [-0.3, -0.25) is 5.43 Å². The summed E-state index contributed by atoms with van der Waals surface area (Å²) in [6, 6.07) is 6.95. The molecule has 0 atom stereocenters. The highest BCUT2D eigenvalue weighted by molar-refractivity contribution is 7.18. The van der Waals surface area contributed by atoms with Crippen molar-refractivity contribution in [2.45, 2.75) is 0 Å². The fourth-order valence-electron chi connectivity index (χ4n) is 1.04. The van der Waals surface area contributed by atoms with Gasteiger partial charge in [-0.15, -0.1) is 10.2 Å². The molecule has 0 unspecified atom stereocenters. The molecule has 1 aromatic carbocycles. The molecule has 2 rings (SSSR count). The van der Waals surface area contributed by atoms with Crippen molar-refractivity contribution in [3.63, 3.8) is 0 Å². The second-order valence-electron chi connectivity index (χ2n) is 2.57. The third-order valence-corrected chi connectivity index (χ3v) is 2.57. The van der Waals surface area contributed by atoms with E-state index in [1.54, 1.807) is 18.2 Å². The second kappa shape index (κ2) is 3.60. The number of phenolic OH excluding ortho intramolecular Hbond substituents is 1. The van der Waals surface area contributed by atoms with Crippen molar-refractivity contribution in [3.05, 3.63) is 24.3 Å². The fraction of sp³-hybridized carbons (Fsp3) is 0. The van der Waals surface area contributed by atoms with Crippen molar-refractivity contribution < 1.29 is 5.11 Å². The summed E-state index contributed by atoms with van der Waals surface area (Å²) in [5, 5.41) is 18.3. The Morgan fingerprint density at radius 3 is 2.71 bits per heavy atom. The lowest BCUT2D eigenvalue weighted by Crippen LogP contribution is -2.05. The monoisotopic (exact) mass is 208 g/mol. The minimum absolute atomic E-state index is 0.187. The second-order valence-corrected chi connectivity index (χ2v) is 3.55. The highest BCUT2D eigenvalue weighted by Crippen LogP contribution is 2.31. The largest absolute Gasteiger partial charge is 0.507 e. The van der Waals surface area contributed by atoms with Gasteiger partial charge in [0.2, 0.25) is 5.13 Å². The standard InChI is InChI=1S/C8H8N4OS/c9-10-8-12-11-7(14-8)5-3-1-2-4-6(5)13/h1-4,13H,9H2,(H,10,12). The quantitative estimate of drug-likeness (QED) is 0.510. The van der Waals surface area contributed by atoms with Crippen LogP contribution in [0.4, 0.5) is 5.13 Å². The third-order valence-electron chi connectivity index (χ3n) is 1.68. The summed E-state index contributed by atoms with van der Waals surface area (Å²) < 4.78 is 0. The molecule has 4 N–H and O–H groups in total. The Kier molecular flexibility index (Phi) is 2.30. The van der Waals surface area contributed by atoms with Crippen LogP contribution in [0.15, 0.2) is 24.3 Å². The lowest BCUT2D eigenvalue weighted by molar-refractivity contribution is 0.477. The smallest absolute Gasteiger partial charge is 0.220 e. The maximum Gasteiger partial charge on any atom is 0.220 e. The van der Waals surface area contributed by atoms with Gasteiger partial charge in [0.25, 0.3) is 0 Å². The average molecular weight is 208 g/mol. The first-order chi connectivity index (χ1) is 6.81. The molecule has 0 radical (unpaired) electrons. The van der Waals surface area contributed by atoms with Crippen LogP contribution in [0.1, 0.15) is 0 Å². The van der Waals surface area contributed by atoms with Gasteiger partial charge in [-0.2, -0.15) is 0 Å². The Morgan fingerprint density at radius 2 is 2.07 bits per heavy atom. The predicted octanol–water partition coefficient (Wildman–Crippen LogP) is 1.20. The zero-order valence-electron chi connectivity index (χ0n) is 7.14. The minimum atomic E-state index is 0.187. The molecule has 0 saturated carbocycles. The number of hydrogen-bond acceptors (Lipinski definition) is 6. The summed E-state index contributed by atoms with van der Waals surface area (Å²) in [6.07, 6.45) is 0. The molecular formula is C8H8N4OS. The van der Waals surface area contributed by atoms with Crippen LogP contribution >= 0.6 is 11.3 Å². The van der Waals surface area contributed by atoms with Gasteiger partial charge in [0.05, 0.1) is 5.56 Å². The first-order valence-electron chi connectivity index (χ1n) is 3.90. The highest BCUT2D eigenvalue weighted by Gasteiger charge is 2.08. The maximum atomic E-state index is 9.53. The summed E-state index contributed by atoms with van der Waals surface area (Å²) in [5.74, 6) is 5.36. The van der Waals surface area contributed by atoms with Gasteiger partial charge in [-0.25, -0.2) is 5.84 Å². The van der Waals surface area contributed by atoms with Gasteiger partial charge in [0, 0.05) is 0 Å². The molecule has 0 amide bonds. The maximum absolute atomic E-state index is 9.53. The topological polar surface area (TPSA) is 84.1 Å². The number of anilines is 1. The molecule has 72 valence electrons. The molecule has 0 aliphatic carbocycles. The SMILES string of the molecule is NNc1nnc(-c2ccccc2O)s1. The van der Waals surface area contributed by atoms with Crippen LogP contribution in [-0.4, -0.2) is 15.3 Å². The number of rotatable bonds is 2. The third kappa shape index (κ3) is 1.52. The van der Waals surface area contributed by atoms with E-state index in [2.05, 4.69) is 15.6 Å². The zero-order valence-corrected chi connectivity index (χ0v) is 7.95. The molecule has 5 nitrogen and oxygen atoms in total. The van der Waals surface area contributed by atoms with Gasteiger partial charge in [-0.1, -0.05) is 23.5 Å². The van der Waals surface area contributed by atoms with Crippen LogP contribution in [0, 0.1) is 0 Å². The molecule has 14 heavy (non-hydrogen) atoms. The molecule has 1 heterocycles. The van der Waals surface area contributed by atoms with E-state index >= 15 is 0 Å². The fourth-order valence-corrected chi connectivity index (χ4v) is 1.73. The van der Waals surface area contributed by atoms with Gasteiger partial charge in [-0.05, 0) is 12.1 Å². The average Bonchev–Trinajstić information content (AvgIpc) is 2.67. The first kappa shape index (κ1) is 8.92. The number of aromatic nitrogens is 2. The number of nitrogens with two attached hydrogens (primary N) is 1. The van der Waals surface area contributed by atoms with Crippen LogP contribution in [0.25, 0.3) is 10.6 Å². The van der Waals surface area contributed by atoms with Crippen molar-refractivity contribution >= 4 is 16.5 Å². The van der Waals surface area contributed by atoms with Crippen molar-refractivity contribution in [1.82, 2.24) is 10.2 Å². The molecule has 0 saturated heterocycles. The summed E-state index contributed by atoms with van der Waals surface area (Å²) in [4.78, 5) is 0. The number of nitrogens with one attached hydrogen (secondary N) is 1. The number of hydrazine groups is 1. The summed E-state index contributed by atoms with van der Waals surface area (Å²) in [7, 11) is 0. The van der Waals surface area contributed by atoms with E-state index in [0.717, 1.165) is 0 Å². The molecule has 0 spiro atoms. The van der Waals surface area contributed by atoms with E-state index in [4.69, 9.17) is 5.84 Å². The Hall–Kier alpha value is -1.66. The number of nitrogen functional groups attached to an aromatic ring is 1. The number of phenols is 1. The summed E-state index contributed by atoms with van der Waals surface area (Å²) >= 11 is 1.28. The number of aromatic hydroxyl groups is 1. The van der Waals surface area contributed by atoms with Crippen LogP contribution in [0.5, 0.6) is 5.75 Å². The van der Waals surface area contributed by atoms with E-state index < -0.39 is 0 Å². The molecular weight excluding hydrogens is 200 g/mol. The lowest BCUT2D eigenvalue weighted by Gasteiger charge is -1.97. The van der Waals surface area contributed by atoms with Crippen molar-refractivity contribution in [2.24, 2.45) is 5.84 Å². The number of para-hydroxylation sites is 1. The van der Waals surface area contributed by atoms with Crippen molar-refractivity contribution in [3.8, 4) is 16.3 Å². The molecule has 2 aromatic rings. The first-order valence-corrected chi connectivity index (χ1v) is 4.71. The van der Waals surface area contributed by atoms with Crippen molar-refractivity contribution in [2.75, 3.05) is 5.43 Å². The Bertz CT molecular complexity index is 442. The normalized spacial score (nSPS) is 10.1. The highest BCUT2D eigenvalue weighted by atomic mass is 32.1. The van der Waals surface area contributed by atoms with Gasteiger partial charge >= 0.3 is 0 Å². The van der Waals surface area contributed by atoms with Crippen LogP contribution < -0.4 is 11.3 Å².